The second kappa shape index (κ2) is 6.33. The quantitative estimate of drug-likeness (QED) is 0.868. The number of rotatable bonds is 3. The number of benzene rings is 1. The highest BCUT2D eigenvalue weighted by Crippen LogP contribution is 2.32. The van der Waals surface area contributed by atoms with Gasteiger partial charge in [0.05, 0.1) is 16.4 Å². The van der Waals surface area contributed by atoms with Crippen LogP contribution in [0.3, 0.4) is 0 Å². The molecule has 2 rings (SSSR count). The molecule has 0 aliphatic heterocycles. The Morgan fingerprint density at radius 2 is 1.95 bits per heavy atom. The summed E-state index contributed by atoms with van der Waals surface area (Å²) in [6.45, 7) is 1.79. The van der Waals surface area contributed by atoms with Gasteiger partial charge in [0, 0.05) is 25.4 Å². The second-order valence-corrected chi connectivity index (χ2v) is 5.60. The number of aromatic nitrogens is 1. The molecule has 1 N–H and O–H groups in total. The Bertz CT molecular complexity index is 666. The van der Waals surface area contributed by atoms with Crippen LogP contribution < -0.4 is 10.2 Å². The van der Waals surface area contributed by atoms with E-state index < -0.39 is 0 Å². The van der Waals surface area contributed by atoms with E-state index in [-0.39, 0.29) is 5.91 Å². The van der Waals surface area contributed by atoms with Gasteiger partial charge in [-0.15, -0.1) is 0 Å². The Labute approximate surface area is 133 Å². The van der Waals surface area contributed by atoms with Gasteiger partial charge in [-0.25, -0.2) is 4.98 Å². The Kier molecular flexibility index (Phi) is 4.70. The number of hydrogen-bond donors (Lipinski definition) is 1. The van der Waals surface area contributed by atoms with Gasteiger partial charge in [-0.1, -0.05) is 29.3 Å². The maximum absolute atomic E-state index is 12.3. The molecule has 0 radical (unpaired) electrons. The first kappa shape index (κ1) is 15.6. The first-order valence-corrected chi connectivity index (χ1v) is 7.05. The maximum Gasteiger partial charge on any atom is 0.255 e. The van der Waals surface area contributed by atoms with Crippen LogP contribution >= 0.6 is 23.2 Å². The van der Waals surface area contributed by atoms with Crippen LogP contribution in [0.4, 0.5) is 11.4 Å². The summed E-state index contributed by atoms with van der Waals surface area (Å²) in [6.07, 6.45) is 0. The fourth-order valence-corrected chi connectivity index (χ4v) is 2.62. The molecule has 6 heteroatoms. The van der Waals surface area contributed by atoms with Crippen molar-refractivity contribution in [2.24, 2.45) is 0 Å². The third-order valence-corrected chi connectivity index (χ3v) is 3.37. The number of carbonyl (C=O) groups is 1. The minimum Gasteiger partial charge on any atom is -0.375 e. The maximum atomic E-state index is 12.3. The number of amides is 1. The van der Waals surface area contributed by atoms with Gasteiger partial charge in [0.1, 0.15) is 5.15 Å². The summed E-state index contributed by atoms with van der Waals surface area (Å²) in [4.78, 5) is 18.2. The van der Waals surface area contributed by atoms with E-state index in [0.29, 0.717) is 27.1 Å². The molecular formula is C15H15Cl2N3O. The van der Waals surface area contributed by atoms with Crippen molar-refractivity contribution in [1.82, 2.24) is 4.98 Å². The van der Waals surface area contributed by atoms with Crippen molar-refractivity contribution in [3.63, 3.8) is 0 Å². The summed E-state index contributed by atoms with van der Waals surface area (Å²) in [6, 6.07) is 8.58. The molecule has 0 saturated carbocycles. The predicted molar refractivity (Wildman–Crippen MR) is 87.7 cm³/mol. The first-order valence-electron chi connectivity index (χ1n) is 6.30. The highest BCUT2D eigenvalue weighted by atomic mass is 35.5. The van der Waals surface area contributed by atoms with Gasteiger partial charge in [-0.05, 0) is 31.2 Å². The highest BCUT2D eigenvalue weighted by molar-refractivity contribution is 6.34. The van der Waals surface area contributed by atoms with Crippen LogP contribution in [0.2, 0.25) is 10.2 Å². The molecule has 0 aliphatic rings. The van der Waals surface area contributed by atoms with Gasteiger partial charge in [-0.2, -0.15) is 0 Å². The minimum atomic E-state index is -0.257. The van der Waals surface area contributed by atoms with Crippen LogP contribution in [0.5, 0.6) is 0 Å². The molecule has 0 fully saturated rings. The van der Waals surface area contributed by atoms with E-state index in [2.05, 4.69) is 10.3 Å². The first-order chi connectivity index (χ1) is 9.88. The zero-order valence-electron chi connectivity index (χ0n) is 11.9. The van der Waals surface area contributed by atoms with Crippen molar-refractivity contribution in [2.45, 2.75) is 6.92 Å². The van der Waals surface area contributed by atoms with E-state index in [4.69, 9.17) is 23.2 Å². The van der Waals surface area contributed by atoms with E-state index in [9.17, 15) is 4.79 Å². The second-order valence-electron chi connectivity index (χ2n) is 4.80. The van der Waals surface area contributed by atoms with Crippen molar-refractivity contribution in [2.75, 3.05) is 24.3 Å². The molecule has 4 nitrogen and oxygen atoms in total. The molecule has 1 amide bonds. The fraction of sp³-hybridized carbons (Fsp3) is 0.200. The topological polar surface area (TPSA) is 45.2 Å². The molecule has 1 aromatic heterocycles. The number of hydrogen-bond acceptors (Lipinski definition) is 3. The highest BCUT2D eigenvalue weighted by Gasteiger charge is 2.14. The van der Waals surface area contributed by atoms with Gasteiger partial charge < -0.3 is 10.2 Å². The Morgan fingerprint density at radius 3 is 2.57 bits per heavy atom. The molecular weight excluding hydrogens is 309 g/mol. The van der Waals surface area contributed by atoms with E-state index in [1.54, 1.807) is 31.2 Å². The lowest BCUT2D eigenvalue weighted by Gasteiger charge is -2.19. The molecule has 2 aromatic rings. The Hall–Kier alpha value is -1.78. The standard InChI is InChI=1S/C15H15Cl2N3O/c1-9-7-10(8-13(17)18-9)15(21)19-12-6-4-5-11(16)14(12)20(2)3/h4-8H,1-3H3,(H,19,21). The summed E-state index contributed by atoms with van der Waals surface area (Å²) in [5.74, 6) is -0.257. The van der Waals surface area contributed by atoms with Crippen molar-refractivity contribution >= 4 is 40.5 Å². The van der Waals surface area contributed by atoms with Crippen LogP contribution in [0.1, 0.15) is 16.1 Å². The number of nitrogens with zero attached hydrogens (tertiary/aromatic N) is 2. The van der Waals surface area contributed by atoms with E-state index in [1.807, 2.05) is 19.0 Å². The third-order valence-electron chi connectivity index (χ3n) is 2.87. The fourth-order valence-electron chi connectivity index (χ4n) is 2.02. The molecule has 0 bridgehead atoms. The molecule has 0 saturated heterocycles. The monoisotopic (exact) mass is 323 g/mol. The summed E-state index contributed by atoms with van der Waals surface area (Å²) < 4.78 is 0. The third kappa shape index (κ3) is 3.65. The summed E-state index contributed by atoms with van der Waals surface area (Å²) in [5.41, 5.74) is 2.54. The van der Waals surface area contributed by atoms with Gasteiger partial charge in [-0.3, -0.25) is 4.79 Å². The van der Waals surface area contributed by atoms with Crippen molar-refractivity contribution in [3.05, 3.63) is 51.8 Å². The molecule has 0 spiro atoms. The molecule has 21 heavy (non-hydrogen) atoms. The Morgan fingerprint density at radius 1 is 1.24 bits per heavy atom. The molecule has 0 aliphatic carbocycles. The summed E-state index contributed by atoms with van der Waals surface area (Å²) in [5, 5.41) is 3.71. The number of aryl methyl sites for hydroxylation is 1. The SMILES string of the molecule is Cc1cc(C(=O)Nc2cccc(Cl)c2N(C)C)cc(Cl)n1. The number of nitrogens with one attached hydrogen (secondary N) is 1. The van der Waals surface area contributed by atoms with Crippen LogP contribution in [0, 0.1) is 6.92 Å². The average molecular weight is 324 g/mol. The normalized spacial score (nSPS) is 10.3. The van der Waals surface area contributed by atoms with Crippen LogP contribution in [-0.2, 0) is 0 Å². The number of para-hydroxylation sites is 1. The number of carbonyl (C=O) groups excluding carboxylic acids is 1. The molecule has 1 heterocycles. The van der Waals surface area contributed by atoms with Crippen molar-refractivity contribution in [1.29, 1.82) is 0 Å². The van der Waals surface area contributed by atoms with Crippen LogP contribution in [-0.4, -0.2) is 25.0 Å². The van der Waals surface area contributed by atoms with E-state index >= 15 is 0 Å². The summed E-state index contributed by atoms with van der Waals surface area (Å²) >= 11 is 12.1. The lowest BCUT2D eigenvalue weighted by atomic mass is 10.2. The number of halogens is 2. The predicted octanol–water partition coefficient (Wildman–Crippen LogP) is 4.02. The van der Waals surface area contributed by atoms with Crippen molar-refractivity contribution in [3.8, 4) is 0 Å². The van der Waals surface area contributed by atoms with Gasteiger partial charge in [0.15, 0.2) is 0 Å². The van der Waals surface area contributed by atoms with Gasteiger partial charge in [0.25, 0.3) is 5.91 Å². The van der Waals surface area contributed by atoms with Gasteiger partial charge in [0.2, 0.25) is 0 Å². The number of anilines is 2. The van der Waals surface area contributed by atoms with Crippen LogP contribution in [0.25, 0.3) is 0 Å². The van der Waals surface area contributed by atoms with Gasteiger partial charge >= 0.3 is 0 Å². The molecule has 0 atom stereocenters. The van der Waals surface area contributed by atoms with Crippen molar-refractivity contribution < 1.29 is 4.79 Å². The summed E-state index contributed by atoms with van der Waals surface area (Å²) in [7, 11) is 3.73. The molecule has 110 valence electrons. The minimum absolute atomic E-state index is 0.257. The molecule has 1 aromatic carbocycles. The largest absolute Gasteiger partial charge is 0.375 e. The van der Waals surface area contributed by atoms with E-state index in [1.165, 1.54) is 6.07 Å². The number of pyridine rings is 1. The lowest BCUT2D eigenvalue weighted by Crippen LogP contribution is -2.17. The average Bonchev–Trinajstić information content (AvgIpc) is 2.37. The zero-order valence-corrected chi connectivity index (χ0v) is 13.5. The zero-order chi connectivity index (χ0) is 15.6. The van der Waals surface area contributed by atoms with E-state index in [0.717, 1.165) is 5.69 Å². The Balaban J connectivity index is 2.34. The smallest absolute Gasteiger partial charge is 0.255 e. The lowest BCUT2D eigenvalue weighted by molar-refractivity contribution is 0.102. The molecule has 0 unspecified atom stereocenters. The van der Waals surface area contributed by atoms with Crippen LogP contribution in [0.15, 0.2) is 30.3 Å².